The summed E-state index contributed by atoms with van der Waals surface area (Å²) in [6.45, 7) is 2.35. The molecular weight excluding hydrogens is 623 g/mol. The molecule has 1 saturated heterocycles. The second-order valence-corrected chi connectivity index (χ2v) is 11.7. The standard InChI is InChI=1S/C32H31Cl3N6O3/c1-43-31-18(14-36-15-19-10-12-28(42)37-19)9-11-24(39-31)22-7-3-5-20(29(22)34)21-6-4-8-26(30(21)35)41-16-23-25(17-41)38-27(13-33)40-32(23)44-2/h3-9,11,19,36H,10,12-17H2,1-2H3,(H,37,42)/t19-/m0/s1. The largest absolute Gasteiger partial charge is 0.481 e. The van der Waals surface area contributed by atoms with Gasteiger partial charge in [-0.1, -0.05) is 59.6 Å². The van der Waals surface area contributed by atoms with Crippen LogP contribution in [0, 0.1) is 0 Å². The Kier molecular flexibility index (Phi) is 9.09. The van der Waals surface area contributed by atoms with Crippen LogP contribution in [0.25, 0.3) is 22.4 Å². The average Bonchev–Trinajstić information content (AvgIpc) is 3.66. The molecule has 0 unspecified atom stereocenters. The summed E-state index contributed by atoms with van der Waals surface area (Å²) < 4.78 is 11.2. The first kappa shape index (κ1) is 30.4. The van der Waals surface area contributed by atoms with E-state index in [-0.39, 0.29) is 17.8 Å². The van der Waals surface area contributed by atoms with E-state index in [1.165, 1.54) is 0 Å². The highest BCUT2D eigenvalue weighted by Crippen LogP contribution is 2.44. The number of anilines is 1. The summed E-state index contributed by atoms with van der Waals surface area (Å²) in [5.41, 5.74) is 6.60. The molecule has 2 N–H and O–H groups in total. The van der Waals surface area contributed by atoms with Crippen LogP contribution in [0.4, 0.5) is 5.69 Å². The van der Waals surface area contributed by atoms with E-state index in [0.717, 1.165) is 45.6 Å². The van der Waals surface area contributed by atoms with Gasteiger partial charge in [-0.3, -0.25) is 4.79 Å². The van der Waals surface area contributed by atoms with Gasteiger partial charge in [0.05, 0.1) is 65.9 Å². The summed E-state index contributed by atoms with van der Waals surface area (Å²) in [6.07, 6.45) is 1.42. The molecule has 6 rings (SSSR count). The molecule has 4 aromatic rings. The van der Waals surface area contributed by atoms with Crippen molar-refractivity contribution in [2.24, 2.45) is 0 Å². The quantitative estimate of drug-likeness (QED) is 0.197. The Balaban J connectivity index is 1.25. The van der Waals surface area contributed by atoms with Crippen LogP contribution in [-0.2, 0) is 30.3 Å². The molecule has 1 fully saturated rings. The Hall–Kier alpha value is -3.63. The van der Waals surface area contributed by atoms with E-state index in [0.29, 0.717) is 65.9 Å². The number of alkyl halides is 1. The zero-order chi connectivity index (χ0) is 30.8. The number of halogens is 3. The average molecular weight is 654 g/mol. The number of methoxy groups -OCH3 is 2. The first-order chi connectivity index (χ1) is 21.4. The van der Waals surface area contributed by atoms with Gasteiger partial charge in [-0.25, -0.2) is 9.97 Å². The van der Waals surface area contributed by atoms with Gasteiger partial charge >= 0.3 is 0 Å². The normalized spacial score (nSPS) is 15.8. The second-order valence-electron chi connectivity index (χ2n) is 10.7. The number of benzene rings is 2. The van der Waals surface area contributed by atoms with Gasteiger partial charge in [0.15, 0.2) is 0 Å². The number of aromatic nitrogens is 3. The van der Waals surface area contributed by atoms with E-state index in [1.807, 2.05) is 48.5 Å². The minimum atomic E-state index is 0.103. The number of nitrogens with zero attached hydrogens (tertiary/aromatic N) is 4. The number of amides is 1. The molecule has 0 radical (unpaired) electrons. The number of hydrogen-bond donors (Lipinski definition) is 2. The van der Waals surface area contributed by atoms with Gasteiger partial charge in [-0.15, -0.1) is 11.6 Å². The van der Waals surface area contributed by atoms with E-state index in [1.54, 1.807) is 14.2 Å². The van der Waals surface area contributed by atoms with Crippen LogP contribution < -0.4 is 25.0 Å². The van der Waals surface area contributed by atoms with Gasteiger partial charge in [0.2, 0.25) is 17.7 Å². The fourth-order valence-corrected chi connectivity index (χ4v) is 6.52. The minimum absolute atomic E-state index is 0.103. The lowest BCUT2D eigenvalue weighted by atomic mass is 10.00. The number of pyridine rings is 1. The lowest BCUT2D eigenvalue weighted by Crippen LogP contribution is -2.35. The van der Waals surface area contributed by atoms with Crippen molar-refractivity contribution in [2.45, 2.75) is 44.4 Å². The summed E-state index contributed by atoms with van der Waals surface area (Å²) in [5, 5.41) is 7.48. The molecule has 2 aliphatic rings. The van der Waals surface area contributed by atoms with Crippen molar-refractivity contribution < 1.29 is 14.3 Å². The van der Waals surface area contributed by atoms with Gasteiger partial charge in [0.1, 0.15) is 5.82 Å². The van der Waals surface area contributed by atoms with Crippen LogP contribution in [0.5, 0.6) is 11.8 Å². The summed E-state index contributed by atoms with van der Waals surface area (Å²) in [5.74, 6) is 1.88. The lowest BCUT2D eigenvalue weighted by Gasteiger charge is -2.21. The molecule has 44 heavy (non-hydrogen) atoms. The molecule has 1 amide bonds. The van der Waals surface area contributed by atoms with Crippen LogP contribution in [-0.4, -0.2) is 47.7 Å². The zero-order valence-corrected chi connectivity index (χ0v) is 26.6. The molecule has 2 aromatic carbocycles. The Bertz CT molecular complexity index is 1720. The molecule has 12 heteroatoms. The fraction of sp³-hybridized carbons (Fsp3) is 0.312. The maximum absolute atomic E-state index is 11.5. The number of nitrogens with one attached hydrogen (secondary N) is 2. The van der Waals surface area contributed by atoms with Crippen molar-refractivity contribution >= 4 is 46.4 Å². The molecule has 0 saturated carbocycles. The van der Waals surface area contributed by atoms with Gasteiger partial charge in [-0.2, -0.15) is 4.98 Å². The minimum Gasteiger partial charge on any atom is -0.481 e. The third-order valence-electron chi connectivity index (χ3n) is 7.91. The van der Waals surface area contributed by atoms with Crippen LogP contribution in [0.15, 0.2) is 48.5 Å². The van der Waals surface area contributed by atoms with Crippen LogP contribution in [0.3, 0.4) is 0 Å². The van der Waals surface area contributed by atoms with Gasteiger partial charge in [0, 0.05) is 47.8 Å². The molecule has 0 spiro atoms. The third kappa shape index (κ3) is 6.02. The molecule has 2 aromatic heterocycles. The summed E-state index contributed by atoms with van der Waals surface area (Å²) in [6, 6.07) is 15.8. The number of carbonyl (C=O) groups excluding carboxylic acids is 1. The van der Waals surface area contributed by atoms with Gasteiger partial charge in [-0.05, 0) is 18.6 Å². The van der Waals surface area contributed by atoms with E-state index in [2.05, 4.69) is 25.5 Å². The highest BCUT2D eigenvalue weighted by atomic mass is 35.5. The highest BCUT2D eigenvalue weighted by Gasteiger charge is 2.28. The Morgan fingerprint density at radius 2 is 1.68 bits per heavy atom. The van der Waals surface area contributed by atoms with Crippen molar-refractivity contribution in [3.63, 3.8) is 0 Å². The molecular formula is C32H31Cl3N6O3. The lowest BCUT2D eigenvalue weighted by molar-refractivity contribution is -0.119. The molecule has 9 nitrogen and oxygen atoms in total. The zero-order valence-electron chi connectivity index (χ0n) is 24.3. The van der Waals surface area contributed by atoms with E-state index < -0.39 is 0 Å². The molecule has 0 bridgehead atoms. The van der Waals surface area contributed by atoms with E-state index in [4.69, 9.17) is 49.3 Å². The molecule has 4 heterocycles. The van der Waals surface area contributed by atoms with E-state index >= 15 is 0 Å². The summed E-state index contributed by atoms with van der Waals surface area (Å²) >= 11 is 20.2. The monoisotopic (exact) mass is 652 g/mol. The number of hydrogen-bond acceptors (Lipinski definition) is 8. The maximum Gasteiger partial charge on any atom is 0.221 e. The predicted molar refractivity (Wildman–Crippen MR) is 173 cm³/mol. The molecule has 228 valence electrons. The maximum atomic E-state index is 11.5. The van der Waals surface area contributed by atoms with Crippen molar-refractivity contribution in [3.05, 3.63) is 81.2 Å². The first-order valence-corrected chi connectivity index (χ1v) is 15.5. The number of fused-ring (bicyclic) bond motifs is 1. The second kappa shape index (κ2) is 13.2. The smallest absolute Gasteiger partial charge is 0.221 e. The topological polar surface area (TPSA) is 102 Å². The molecule has 2 aliphatic heterocycles. The fourth-order valence-electron chi connectivity index (χ4n) is 5.72. The third-order valence-corrected chi connectivity index (χ3v) is 8.95. The number of carbonyl (C=O) groups is 1. The van der Waals surface area contributed by atoms with Crippen molar-refractivity contribution in [1.29, 1.82) is 0 Å². The van der Waals surface area contributed by atoms with Gasteiger partial charge < -0.3 is 25.0 Å². The molecule has 1 atom stereocenters. The summed E-state index contributed by atoms with van der Waals surface area (Å²) in [4.78, 5) is 27.4. The highest BCUT2D eigenvalue weighted by molar-refractivity contribution is 6.39. The summed E-state index contributed by atoms with van der Waals surface area (Å²) in [7, 11) is 3.20. The van der Waals surface area contributed by atoms with Crippen LogP contribution >= 0.6 is 34.8 Å². The Morgan fingerprint density at radius 1 is 0.932 bits per heavy atom. The predicted octanol–water partition coefficient (Wildman–Crippen LogP) is 6.16. The number of rotatable bonds is 10. The van der Waals surface area contributed by atoms with Crippen LogP contribution in [0.1, 0.15) is 35.5 Å². The van der Waals surface area contributed by atoms with Crippen molar-refractivity contribution in [3.8, 4) is 34.1 Å². The van der Waals surface area contributed by atoms with Crippen LogP contribution in [0.2, 0.25) is 10.0 Å². The molecule has 0 aliphatic carbocycles. The Labute approximate surface area is 270 Å². The van der Waals surface area contributed by atoms with Crippen molar-refractivity contribution in [1.82, 2.24) is 25.6 Å². The van der Waals surface area contributed by atoms with E-state index in [9.17, 15) is 4.79 Å². The van der Waals surface area contributed by atoms with Gasteiger partial charge in [0.25, 0.3) is 0 Å². The Morgan fingerprint density at radius 3 is 2.41 bits per heavy atom. The SMILES string of the molecule is COc1nc(-c2cccc(-c3cccc(N4Cc5nc(CCl)nc(OC)c5C4)c3Cl)c2Cl)ccc1CNC[C@@H]1CCC(=O)N1. The first-order valence-electron chi connectivity index (χ1n) is 14.3. The van der Waals surface area contributed by atoms with Crippen molar-refractivity contribution in [2.75, 3.05) is 25.7 Å². The number of ether oxygens (including phenoxy) is 2.